The van der Waals surface area contributed by atoms with E-state index in [1.54, 1.807) is 0 Å². The molecule has 13 heavy (non-hydrogen) atoms. The van der Waals surface area contributed by atoms with Crippen molar-refractivity contribution in [1.82, 2.24) is 0 Å². The zero-order valence-corrected chi connectivity index (χ0v) is 8.55. The first-order valence-electron chi connectivity index (χ1n) is 4.68. The number of rotatable bonds is 2. The van der Waals surface area contributed by atoms with Crippen molar-refractivity contribution < 1.29 is 8.42 Å². The number of hydrogen-bond donors (Lipinski definition) is 0. The minimum Gasteiger partial charge on any atom is -0.228 e. The molecule has 72 valence electrons. The third-order valence-corrected chi connectivity index (χ3v) is 5.50. The Bertz CT molecular complexity index is 358. The highest BCUT2D eigenvalue weighted by Crippen LogP contribution is 2.35. The maximum atomic E-state index is 11.9. The lowest BCUT2D eigenvalue weighted by Crippen LogP contribution is -2.26. The van der Waals surface area contributed by atoms with Crippen LogP contribution in [0, 0.1) is 0 Å². The standard InChI is InChI=1S/C10H14O2S/c1-8-4-2-3-5-10(8)13(11,12)9-6-7-9/h2-4,9-10H,5-7H2,1H3. The minimum atomic E-state index is -2.86. The molecule has 2 aliphatic rings. The van der Waals surface area contributed by atoms with Gasteiger partial charge in [-0.25, -0.2) is 8.42 Å². The van der Waals surface area contributed by atoms with Crippen LogP contribution >= 0.6 is 0 Å². The predicted molar refractivity (Wildman–Crippen MR) is 53.2 cm³/mol. The number of hydrogen-bond acceptors (Lipinski definition) is 2. The lowest BCUT2D eigenvalue weighted by Gasteiger charge is -2.18. The van der Waals surface area contributed by atoms with Crippen LogP contribution < -0.4 is 0 Å². The largest absolute Gasteiger partial charge is 0.228 e. The first-order chi connectivity index (χ1) is 6.12. The normalized spacial score (nSPS) is 28.7. The van der Waals surface area contributed by atoms with Gasteiger partial charge >= 0.3 is 0 Å². The van der Waals surface area contributed by atoms with Gasteiger partial charge in [-0.1, -0.05) is 23.8 Å². The van der Waals surface area contributed by atoms with E-state index in [1.165, 1.54) is 0 Å². The topological polar surface area (TPSA) is 34.1 Å². The van der Waals surface area contributed by atoms with Crippen molar-refractivity contribution in [2.24, 2.45) is 0 Å². The van der Waals surface area contributed by atoms with E-state index in [1.807, 2.05) is 25.2 Å². The molecule has 2 rings (SSSR count). The third kappa shape index (κ3) is 1.57. The molecule has 0 N–H and O–H groups in total. The summed E-state index contributed by atoms with van der Waals surface area (Å²) in [6, 6.07) is 0. The summed E-state index contributed by atoms with van der Waals surface area (Å²) >= 11 is 0. The Morgan fingerprint density at radius 1 is 1.38 bits per heavy atom. The van der Waals surface area contributed by atoms with Gasteiger partial charge in [0.15, 0.2) is 9.84 Å². The summed E-state index contributed by atoms with van der Waals surface area (Å²) in [6.45, 7) is 1.91. The van der Waals surface area contributed by atoms with E-state index in [4.69, 9.17) is 0 Å². The summed E-state index contributed by atoms with van der Waals surface area (Å²) in [5.74, 6) is 0. The van der Waals surface area contributed by atoms with Gasteiger partial charge in [0.2, 0.25) is 0 Å². The molecule has 0 amide bonds. The molecule has 0 heterocycles. The van der Waals surface area contributed by atoms with Crippen molar-refractivity contribution in [1.29, 1.82) is 0 Å². The van der Waals surface area contributed by atoms with Gasteiger partial charge < -0.3 is 0 Å². The second-order valence-electron chi connectivity index (χ2n) is 3.85. The molecule has 0 aromatic heterocycles. The molecule has 2 aliphatic carbocycles. The van der Waals surface area contributed by atoms with Crippen LogP contribution in [0.3, 0.4) is 0 Å². The van der Waals surface area contributed by atoms with E-state index in [9.17, 15) is 8.42 Å². The molecule has 0 aromatic carbocycles. The van der Waals surface area contributed by atoms with Crippen LogP contribution in [0.15, 0.2) is 23.8 Å². The summed E-state index contributed by atoms with van der Waals surface area (Å²) in [5.41, 5.74) is 0.995. The Balaban J connectivity index is 2.26. The molecule has 0 bridgehead atoms. The molecule has 0 aromatic rings. The summed E-state index contributed by atoms with van der Waals surface area (Å²) in [7, 11) is -2.86. The number of allylic oxidation sites excluding steroid dienone is 3. The Hall–Kier alpha value is -0.570. The van der Waals surface area contributed by atoms with E-state index >= 15 is 0 Å². The highest BCUT2D eigenvalue weighted by atomic mass is 32.2. The Kier molecular flexibility index (Phi) is 2.06. The predicted octanol–water partition coefficient (Wildman–Crippen LogP) is 1.84. The van der Waals surface area contributed by atoms with Gasteiger partial charge in [-0.15, -0.1) is 0 Å². The highest BCUT2D eigenvalue weighted by molar-refractivity contribution is 7.93. The summed E-state index contributed by atoms with van der Waals surface area (Å²) in [5, 5.41) is -0.266. The first-order valence-corrected chi connectivity index (χ1v) is 6.29. The molecule has 3 heteroatoms. The van der Waals surface area contributed by atoms with E-state index in [2.05, 4.69) is 0 Å². The summed E-state index contributed by atoms with van der Waals surface area (Å²) < 4.78 is 23.8. The SMILES string of the molecule is CC1=CC=CCC1S(=O)(=O)C1CC1. The van der Waals surface area contributed by atoms with Gasteiger partial charge in [-0.05, 0) is 26.2 Å². The average Bonchev–Trinajstić information content (AvgIpc) is 2.86. The van der Waals surface area contributed by atoms with E-state index in [0.717, 1.165) is 18.4 Å². The van der Waals surface area contributed by atoms with Crippen LogP contribution in [0.1, 0.15) is 26.2 Å². The van der Waals surface area contributed by atoms with Crippen molar-refractivity contribution in [3.8, 4) is 0 Å². The summed E-state index contributed by atoms with van der Waals surface area (Å²) in [4.78, 5) is 0. The van der Waals surface area contributed by atoms with Crippen molar-refractivity contribution >= 4 is 9.84 Å². The van der Waals surface area contributed by atoms with Crippen molar-refractivity contribution in [3.05, 3.63) is 23.8 Å². The number of sulfone groups is 1. The van der Waals surface area contributed by atoms with Crippen molar-refractivity contribution in [3.63, 3.8) is 0 Å². The lowest BCUT2D eigenvalue weighted by molar-refractivity contribution is 0.584. The smallest absolute Gasteiger partial charge is 0.160 e. The second-order valence-corrected chi connectivity index (χ2v) is 6.27. The first kappa shape index (κ1) is 9.00. The molecule has 0 spiro atoms. The third-order valence-electron chi connectivity index (χ3n) is 2.74. The molecular formula is C10H14O2S. The van der Waals surface area contributed by atoms with Gasteiger partial charge in [0.05, 0.1) is 10.5 Å². The summed E-state index contributed by atoms with van der Waals surface area (Å²) in [6.07, 6.45) is 8.20. The van der Waals surface area contributed by atoms with E-state index in [0.29, 0.717) is 6.42 Å². The van der Waals surface area contributed by atoms with Crippen LogP contribution in [0.25, 0.3) is 0 Å². The quantitative estimate of drug-likeness (QED) is 0.678. The molecule has 0 radical (unpaired) electrons. The maximum Gasteiger partial charge on any atom is 0.160 e. The van der Waals surface area contributed by atoms with Crippen molar-refractivity contribution in [2.75, 3.05) is 0 Å². The molecule has 2 nitrogen and oxygen atoms in total. The molecule has 1 fully saturated rings. The van der Waals surface area contributed by atoms with Gasteiger partial charge in [0, 0.05) is 0 Å². The minimum absolute atomic E-state index is 0.0349. The zero-order valence-electron chi connectivity index (χ0n) is 7.73. The van der Waals surface area contributed by atoms with Crippen LogP contribution in [0.4, 0.5) is 0 Å². The Labute approximate surface area is 79.3 Å². The fourth-order valence-corrected chi connectivity index (χ4v) is 3.97. The van der Waals surface area contributed by atoms with Crippen LogP contribution in [-0.2, 0) is 9.84 Å². The maximum absolute atomic E-state index is 11.9. The molecule has 0 aliphatic heterocycles. The molecule has 1 unspecified atom stereocenters. The molecule has 0 saturated heterocycles. The fraction of sp³-hybridized carbons (Fsp3) is 0.600. The molecular weight excluding hydrogens is 184 g/mol. The van der Waals surface area contributed by atoms with Gasteiger partial charge in [0.25, 0.3) is 0 Å². The zero-order chi connectivity index (χ0) is 9.47. The van der Waals surface area contributed by atoms with Crippen LogP contribution in [0.5, 0.6) is 0 Å². The van der Waals surface area contributed by atoms with E-state index < -0.39 is 9.84 Å². The van der Waals surface area contributed by atoms with Gasteiger partial charge in [0.1, 0.15) is 0 Å². The van der Waals surface area contributed by atoms with Gasteiger partial charge in [-0.2, -0.15) is 0 Å². The van der Waals surface area contributed by atoms with Crippen LogP contribution in [-0.4, -0.2) is 18.9 Å². The van der Waals surface area contributed by atoms with Crippen molar-refractivity contribution in [2.45, 2.75) is 36.7 Å². The highest BCUT2D eigenvalue weighted by Gasteiger charge is 2.41. The van der Waals surface area contributed by atoms with E-state index in [-0.39, 0.29) is 10.5 Å². The van der Waals surface area contributed by atoms with Gasteiger partial charge in [-0.3, -0.25) is 0 Å². The van der Waals surface area contributed by atoms with Crippen LogP contribution in [0.2, 0.25) is 0 Å². The Morgan fingerprint density at radius 2 is 2.08 bits per heavy atom. The second kappa shape index (κ2) is 2.98. The molecule has 1 saturated carbocycles. The fourth-order valence-electron chi connectivity index (χ4n) is 1.74. The molecule has 1 atom stereocenters. The lowest BCUT2D eigenvalue weighted by atomic mass is 10.1. The Morgan fingerprint density at radius 3 is 2.62 bits per heavy atom. The average molecular weight is 198 g/mol. The monoisotopic (exact) mass is 198 g/mol.